The van der Waals surface area contributed by atoms with E-state index in [9.17, 15) is 9.59 Å². The highest BCUT2D eigenvalue weighted by Gasteiger charge is 2.09. The van der Waals surface area contributed by atoms with Crippen LogP contribution < -0.4 is 4.74 Å². The second kappa shape index (κ2) is 10.1. The molecule has 0 atom stereocenters. The van der Waals surface area contributed by atoms with Crippen LogP contribution in [0.25, 0.3) is 0 Å². The van der Waals surface area contributed by atoms with Crippen LogP contribution in [0.15, 0.2) is 36.4 Å². The molecule has 0 heterocycles. The standard InChI is InChI=1S/C16H21IN2O4/c1-18(2)15(20)5-3-10-19(16(21)22)11-4-12-23-14-8-6-13(17)7-9-14/h3,5-9H,4,10-12H2,1-2H3,(H,21,22). The van der Waals surface area contributed by atoms with Crippen LogP contribution in [0.5, 0.6) is 5.75 Å². The lowest BCUT2D eigenvalue weighted by Gasteiger charge is -2.17. The van der Waals surface area contributed by atoms with E-state index in [0.29, 0.717) is 19.6 Å². The predicted molar refractivity (Wildman–Crippen MR) is 96.7 cm³/mol. The van der Waals surface area contributed by atoms with Crippen LogP contribution in [0, 0.1) is 3.57 Å². The molecule has 0 unspecified atom stereocenters. The molecule has 0 aliphatic heterocycles. The SMILES string of the molecule is CN(C)C(=O)C=CCN(CCCOc1ccc(I)cc1)C(=O)O. The third-order valence-electron chi connectivity index (χ3n) is 2.95. The van der Waals surface area contributed by atoms with Crippen molar-refractivity contribution in [3.05, 3.63) is 40.0 Å². The van der Waals surface area contributed by atoms with Gasteiger partial charge < -0.3 is 19.6 Å². The number of carboxylic acid groups (broad SMARTS) is 1. The summed E-state index contributed by atoms with van der Waals surface area (Å²) in [5.41, 5.74) is 0. The van der Waals surface area contributed by atoms with Gasteiger partial charge in [0.25, 0.3) is 0 Å². The topological polar surface area (TPSA) is 70.1 Å². The highest BCUT2D eigenvalue weighted by molar-refractivity contribution is 14.1. The lowest BCUT2D eigenvalue weighted by atomic mass is 10.3. The van der Waals surface area contributed by atoms with Crippen molar-refractivity contribution in [2.45, 2.75) is 6.42 Å². The Hall–Kier alpha value is -1.77. The largest absolute Gasteiger partial charge is 0.494 e. The number of carbonyl (C=O) groups excluding carboxylic acids is 1. The Balaban J connectivity index is 2.34. The van der Waals surface area contributed by atoms with Crippen molar-refractivity contribution in [2.24, 2.45) is 0 Å². The van der Waals surface area contributed by atoms with E-state index in [1.807, 2.05) is 24.3 Å². The molecule has 126 valence electrons. The second-order valence-electron chi connectivity index (χ2n) is 5.02. The van der Waals surface area contributed by atoms with Crippen molar-refractivity contribution in [2.75, 3.05) is 33.8 Å². The minimum atomic E-state index is -1.01. The molecule has 2 amide bonds. The fourth-order valence-corrected chi connectivity index (χ4v) is 2.03. The highest BCUT2D eigenvalue weighted by Crippen LogP contribution is 2.13. The molecule has 1 rings (SSSR count). The maximum Gasteiger partial charge on any atom is 0.407 e. The smallest absolute Gasteiger partial charge is 0.407 e. The summed E-state index contributed by atoms with van der Waals surface area (Å²) in [6.45, 7) is 0.962. The minimum absolute atomic E-state index is 0.169. The third kappa shape index (κ3) is 7.87. The van der Waals surface area contributed by atoms with Crippen molar-refractivity contribution < 1.29 is 19.4 Å². The Morgan fingerprint density at radius 2 is 1.91 bits per heavy atom. The van der Waals surface area contributed by atoms with Gasteiger partial charge in [-0.25, -0.2) is 4.79 Å². The van der Waals surface area contributed by atoms with E-state index < -0.39 is 6.09 Å². The first kappa shape index (κ1) is 19.3. The molecule has 1 aromatic carbocycles. The number of amides is 2. The third-order valence-corrected chi connectivity index (χ3v) is 3.67. The summed E-state index contributed by atoms with van der Waals surface area (Å²) in [6.07, 6.45) is 2.49. The van der Waals surface area contributed by atoms with E-state index in [4.69, 9.17) is 9.84 Å². The fraction of sp³-hybridized carbons (Fsp3) is 0.375. The number of likely N-dealkylation sites (N-methyl/N-ethyl adjacent to an activating group) is 1. The number of hydrogen-bond donors (Lipinski definition) is 1. The molecule has 0 spiro atoms. The van der Waals surface area contributed by atoms with E-state index >= 15 is 0 Å². The van der Waals surface area contributed by atoms with Gasteiger partial charge >= 0.3 is 6.09 Å². The Kier molecular flexibility index (Phi) is 8.46. The molecule has 1 aromatic rings. The molecule has 0 aromatic heterocycles. The van der Waals surface area contributed by atoms with Crippen molar-refractivity contribution in [1.29, 1.82) is 0 Å². The summed E-state index contributed by atoms with van der Waals surface area (Å²) in [5, 5.41) is 9.15. The molecule has 23 heavy (non-hydrogen) atoms. The zero-order valence-corrected chi connectivity index (χ0v) is 15.4. The highest BCUT2D eigenvalue weighted by atomic mass is 127. The Bertz CT molecular complexity index is 544. The van der Waals surface area contributed by atoms with E-state index in [1.165, 1.54) is 15.9 Å². The number of ether oxygens (including phenoxy) is 1. The average Bonchev–Trinajstić information content (AvgIpc) is 2.50. The van der Waals surface area contributed by atoms with Crippen molar-refractivity contribution in [3.63, 3.8) is 0 Å². The number of halogens is 1. The molecular formula is C16H21IN2O4. The van der Waals surface area contributed by atoms with E-state index in [2.05, 4.69) is 22.6 Å². The Morgan fingerprint density at radius 3 is 2.48 bits per heavy atom. The molecule has 0 radical (unpaired) electrons. The normalized spacial score (nSPS) is 10.6. The first-order chi connectivity index (χ1) is 10.9. The first-order valence-electron chi connectivity index (χ1n) is 7.14. The maximum absolute atomic E-state index is 11.4. The summed E-state index contributed by atoms with van der Waals surface area (Å²) >= 11 is 2.22. The van der Waals surface area contributed by atoms with Crippen LogP contribution in [0.3, 0.4) is 0 Å². The molecule has 6 nitrogen and oxygen atoms in total. The van der Waals surface area contributed by atoms with Gasteiger partial charge in [-0.1, -0.05) is 6.08 Å². The van der Waals surface area contributed by atoms with E-state index in [0.717, 1.165) is 9.32 Å². The van der Waals surface area contributed by atoms with E-state index in [-0.39, 0.29) is 12.5 Å². The summed E-state index contributed by atoms with van der Waals surface area (Å²) in [7, 11) is 3.28. The van der Waals surface area contributed by atoms with Crippen LogP contribution >= 0.6 is 22.6 Å². The van der Waals surface area contributed by atoms with Crippen LogP contribution in [-0.4, -0.2) is 60.7 Å². The van der Waals surface area contributed by atoms with Crippen molar-refractivity contribution in [1.82, 2.24) is 9.80 Å². The number of nitrogens with zero attached hydrogens (tertiary/aromatic N) is 2. The van der Waals surface area contributed by atoms with Crippen LogP contribution in [-0.2, 0) is 4.79 Å². The molecule has 7 heteroatoms. The molecule has 0 saturated carbocycles. The monoisotopic (exact) mass is 432 g/mol. The van der Waals surface area contributed by atoms with Gasteiger partial charge in [0.2, 0.25) is 5.91 Å². The number of hydrogen-bond acceptors (Lipinski definition) is 3. The lowest BCUT2D eigenvalue weighted by molar-refractivity contribution is -0.123. The molecule has 0 aliphatic carbocycles. The first-order valence-corrected chi connectivity index (χ1v) is 8.22. The maximum atomic E-state index is 11.4. The molecule has 0 saturated heterocycles. The van der Waals surface area contributed by atoms with Gasteiger partial charge in [-0.3, -0.25) is 4.79 Å². The van der Waals surface area contributed by atoms with E-state index in [1.54, 1.807) is 20.2 Å². The molecule has 0 fully saturated rings. The van der Waals surface area contributed by atoms with Crippen molar-refractivity contribution >= 4 is 34.6 Å². The van der Waals surface area contributed by atoms with Gasteiger partial charge in [-0.15, -0.1) is 0 Å². The fourth-order valence-electron chi connectivity index (χ4n) is 1.67. The van der Waals surface area contributed by atoms with Gasteiger partial charge in [0.15, 0.2) is 0 Å². The zero-order valence-electron chi connectivity index (χ0n) is 13.2. The number of rotatable bonds is 8. The minimum Gasteiger partial charge on any atom is -0.494 e. The summed E-state index contributed by atoms with van der Waals surface area (Å²) in [6, 6.07) is 7.66. The Morgan fingerprint density at radius 1 is 1.26 bits per heavy atom. The van der Waals surface area contributed by atoms with Gasteiger partial charge in [0.1, 0.15) is 5.75 Å². The van der Waals surface area contributed by atoms with Gasteiger partial charge in [-0.2, -0.15) is 0 Å². The molecular weight excluding hydrogens is 411 g/mol. The molecule has 0 aliphatic rings. The zero-order chi connectivity index (χ0) is 17.2. The average molecular weight is 432 g/mol. The summed E-state index contributed by atoms with van der Waals surface area (Å²) in [4.78, 5) is 25.2. The summed E-state index contributed by atoms with van der Waals surface area (Å²) in [5.74, 6) is 0.598. The van der Waals surface area contributed by atoms with Crippen LogP contribution in [0.2, 0.25) is 0 Å². The quantitative estimate of drug-likeness (QED) is 0.390. The Labute approximate surface area is 149 Å². The lowest BCUT2D eigenvalue weighted by Crippen LogP contribution is -2.31. The second-order valence-corrected chi connectivity index (χ2v) is 6.27. The molecule has 0 bridgehead atoms. The number of carbonyl (C=O) groups is 2. The predicted octanol–water partition coefficient (Wildman–Crippen LogP) is 2.68. The van der Waals surface area contributed by atoms with Crippen LogP contribution in [0.4, 0.5) is 4.79 Å². The van der Waals surface area contributed by atoms with Crippen molar-refractivity contribution in [3.8, 4) is 5.75 Å². The number of benzene rings is 1. The van der Waals surface area contributed by atoms with Gasteiger partial charge in [0.05, 0.1) is 6.61 Å². The van der Waals surface area contributed by atoms with Crippen LogP contribution in [0.1, 0.15) is 6.42 Å². The molecule has 1 N–H and O–H groups in total. The van der Waals surface area contributed by atoms with Gasteiger partial charge in [-0.05, 0) is 53.3 Å². The summed E-state index contributed by atoms with van der Waals surface area (Å²) < 4.78 is 6.69. The van der Waals surface area contributed by atoms with Gasteiger partial charge in [0, 0.05) is 36.8 Å².